The van der Waals surface area contributed by atoms with Crippen molar-refractivity contribution in [3.63, 3.8) is 0 Å². The van der Waals surface area contributed by atoms with Crippen LogP contribution in [0.5, 0.6) is 0 Å². The molecule has 1 aromatic heterocycles. The SMILES string of the molecule is Cc1cc(NS(=O)(=O)c2ccc3c(c2)CN(C(=O)C(F)(F)F)CC3)n(C)n1. The molecule has 1 N–H and O–H groups in total. The number of aromatic nitrogens is 2. The van der Waals surface area contributed by atoms with Gasteiger partial charge in [-0.25, -0.2) is 8.42 Å². The van der Waals surface area contributed by atoms with Gasteiger partial charge in [0.2, 0.25) is 0 Å². The van der Waals surface area contributed by atoms with E-state index in [0.717, 1.165) is 5.56 Å². The second-order valence-corrected chi connectivity index (χ2v) is 7.99. The molecule has 3 rings (SSSR count). The van der Waals surface area contributed by atoms with E-state index in [2.05, 4.69) is 9.82 Å². The molecule has 11 heteroatoms. The molecule has 0 saturated heterocycles. The third-order valence-corrected chi connectivity index (χ3v) is 5.62. The Bertz CT molecular complexity index is 999. The Labute approximate surface area is 153 Å². The van der Waals surface area contributed by atoms with Crippen molar-refractivity contribution in [1.82, 2.24) is 14.7 Å². The maximum Gasteiger partial charge on any atom is 0.471 e. The lowest BCUT2D eigenvalue weighted by atomic mass is 10.00. The van der Waals surface area contributed by atoms with Crippen LogP contribution in [0, 0.1) is 6.92 Å². The van der Waals surface area contributed by atoms with Crippen LogP contribution in [0.15, 0.2) is 29.2 Å². The topological polar surface area (TPSA) is 84.3 Å². The summed E-state index contributed by atoms with van der Waals surface area (Å²) in [6, 6.07) is 5.82. The fourth-order valence-corrected chi connectivity index (χ4v) is 4.08. The highest BCUT2D eigenvalue weighted by Gasteiger charge is 2.43. The molecule has 0 spiro atoms. The van der Waals surface area contributed by atoms with E-state index >= 15 is 0 Å². The Morgan fingerprint density at radius 3 is 2.52 bits per heavy atom. The van der Waals surface area contributed by atoms with Gasteiger partial charge in [0.15, 0.2) is 0 Å². The third-order valence-electron chi connectivity index (χ3n) is 4.27. The van der Waals surface area contributed by atoms with Crippen LogP contribution in [0.2, 0.25) is 0 Å². The predicted octanol–water partition coefficient (Wildman–Crippen LogP) is 1.98. The van der Waals surface area contributed by atoms with Crippen LogP contribution >= 0.6 is 0 Å². The van der Waals surface area contributed by atoms with Crippen LogP contribution in [0.4, 0.5) is 19.0 Å². The second-order valence-electron chi connectivity index (χ2n) is 6.31. The zero-order valence-electron chi connectivity index (χ0n) is 14.5. The number of amides is 1. The molecule has 27 heavy (non-hydrogen) atoms. The normalized spacial score (nSPS) is 14.8. The molecule has 0 aliphatic carbocycles. The number of rotatable bonds is 3. The molecule has 0 fully saturated rings. The van der Waals surface area contributed by atoms with Crippen molar-refractivity contribution in [2.45, 2.75) is 31.0 Å². The Hall–Kier alpha value is -2.56. The first-order valence-corrected chi connectivity index (χ1v) is 9.47. The summed E-state index contributed by atoms with van der Waals surface area (Å²) < 4.78 is 67.0. The van der Waals surface area contributed by atoms with Gasteiger partial charge in [-0.1, -0.05) is 6.07 Å². The molecule has 1 amide bonds. The number of benzene rings is 1. The Kier molecular flexibility index (Phi) is 4.66. The number of nitrogens with one attached hydrogen (secondary N) is 1. The van der Waals surface area contributed by atoms with Gasteiger partial charge >= 0.3 is 12.1 Å². The van der Waals surface area contributed by atoms with Gasteiger partial charge in [-0.15, -0.1) is 0 Å². The van der Waals surface area contributed by atoms with E-state index in [0.29, 0.717) is 16.2 Å². The van der Waals surface area contributed by atoms with Gasteiger partial charge in [-0.2, -0.15) is 18.3 Å². The summed E-state index contributed by atoms with van der Waals surface area (Å²) in [6.07, 6.45) is -4.73. The van der Waals surface area contributed by atoms with Crippen LogP contribution in [-0.2, 0) is 34.8 Å². The molecule has 1 aliphatic heterocycles. The molecule has 0 atom stereocenters. The number of fused-ring (bicyclic) bond motifs is 1. The lowest BCUT2D eigenvalue weighted by molar-refractivity contribution is -0.186. The van der Waals surface area contributed by atoms with Crippen LogP contribution in [0.3, 0.4) is 0 Å². The Morgan fingerprint density at radius 2 is 1.93 bits per heavy atom. The molecular formula is C16H17F3N4O3S. The highest BCUT2D eigenvalue weighted by Crippen LogP contribution is 2.27. The maximum atomic E-state index is 12.7. The molecule has 2 aromatic rings. The quantitative estimate of drug-likeness (QED) is 0.851. The number of nitrogens with zero attached hydrogens (tertiary/aromatic N) is 3. The smallest absolute Gasteiger partial charge is 0.330 e. The number of anilines is 1. The number of carbonyl (C=O) groups excluding carboxylic acids is 1. The lowest BCUT2D eigenvalue weighted by Crippen LogP contribution is -2.43. The van der Waals surface area contributed by atoms with Crippen LogP contribution in [-0.4, -0.2) is 41.7 Å². The molecule has 0 radical (unpaired) electrons. The summed E-state index contributed by atoms with van der Waals surface area (Å²) in [4.78, 5) is 12.0. The van der Waals surface area contributed by atoms with E-state index in [9.17, 15) is 26.4 Å². The van der Waals surface area contributed by atoms with Gasteiger partial charge in [0.05, 0.1) is 10.6 Å². The number of aryl methyl sites for hydroxylation is 2. The number of sulfonamides is 1. The molecule has 0 unspecified atom stereocenters. The first-order chi connectivity index (χ1) is 12.5. The Morgan fingerprint density at radius 1 is 1.22 bits per heavy atom. The monoisotopic (exact) mass is 402 g/mol. The first kappa shape index (κ1) is 19.2. The third kappa shape index (κ3) is 3.92. The minimum atomic E-state index is -4.96. The van der Waals surface area contributed by atoms with Crippen molar-refractivity contribution in [2.24, 2.45) is 7.05 Å². The minimum absolute atomic E-state index is 0.0655. The number of alkyl halides is 3. The molecule has 146 valence electrons. The Balaban J connectivity index is 1.87. The summed E-state index contributed by atoms with van der Waals surface area (Å²) in [5.74, 6) is -1.66. The standard InChI is InChI=1S/C16H17F3N4O3S/c1-10-7-14(22(2)20-10)21-27(25,26)13-4-3-11-5-6-23(9-12(11)8-13)15(24)16(17,18)19/h3-4,7-8,21H,5-6,9H2,1-2H3. The molecule has 0 saturated carbocycles. The largest absolute Gasteiger partial charge is 0.471 e. The van der Waals surface area contributed by atoms with E-state index in [-0.39, 0.29) is 30.2 Å². The predicted molar refractivity (Wildman–Crippen MR) is 90.4 cm³/mol. The number of carbonyl (C=O) groups is 1. The average molecular weight is 402 g/mol. The number of halogens is 3. The highest BCUT2D eigenvalue weighted by molar-refractivity contribution is 7.92. The average Bonchev–Trinajstić information content (AvgIpc) is 2.88. The van der Waals surface area contributed by atoms with E-state index in [4.69, 9.17) is 0 Å². The first-order valence-electron chi connectivity index (χ1n) is 7.99. The van der Waals surface area contributed by atoms with Crippen molar-refractivity contribution in [1.29, 1.82) is 0 Å². The molecule has 2 heterocycles. The number of hydrogen-bond acceptors (Lipinski definition) is 4. The van der Waals surface area contributed by atoms with Crippen molar-refractivity contribution in [3.05, 3.63) is 41.1 Å². The van der Waals surface area contributed by atoms with E-state index in [1.807, 2.05) is 0 Å². The molecular weight excluding hydrogens is 385 g/mol. The second kappa shape index (κ2) is 6.55. The summed E-state index contributed by atoms with van der Waals surface area (Å²) in [5, 5.41) is 4.05. The van der Waals surface area contributed by atoms with Crippen molar-refractivity contribution < 1.29 is 26.4 Å². The van der Waals surface area contributed by atoms with E-state index in [1.54, 1.807) is 26.1 Å². The van der Waals surface area contributed by atoms with Crippen LogP contribution in [0.1, 0.15) is 16.8 Å². The van der Waals surface area contributed by atoms with Gasteiger partial charge in [0.1, 0.15) is 5.82 Å². The summed E-state index contributed by atoms with van der Waals surface area (Å²) in [6.45, 7) is 1.36. The van der Waals surface area contributed by atoms with Crippen LogP contribution in [0.25, 0.3) is 0 Å². The zero-order chi connectivity index (χ0) is 20.0. The summed E-state index contributed by atoms with van der Waals surface area (Å²) in [7, 11) is -2.38. The molecule has 0 bridgehead atoms. The van der Waals surface area contributed by atoms with Gasteiger partial charge in [0, 0.05) is 26.2 Å². The highest BCUT2D eigenvalue weighted by atomic mass is 32.2. The van der Waals surface area contributed by atoms with E-state index in [1.165, 1.54) is 16.8 Å². The van der Waals surface area contributed by atoms with Crippen LogP contribution < -0.4 is 4.72 Å². The minimum Gasteiger partial charge on any atom is -0.330 e. The van der Waals surface area contributed by atoms with Crippen molar-refractivity contribution >= 4 is 21.7 Å². The van der Waals surface area contributed by atoms with E-state index < -0.39 is 22.1 Å². The van der Waals surface area contributed by atoms with Gasteiger partial charge < -0.3 is 4.90 Å². The van der Waals surface area contributed by atoms with Crippen molar-refractivity contribution in [3.8, 4) is 0 Å². The zero-order valence-corrected chi connectivity index (χ0v) is 15.4. The van der Waals surface area contributed by atoms with Gasteiger partial charge in [-0.05, 0) is 36.6 Å². The fraction of sp³-hybridized carbons (Fsp3) is 0.375. The van der Waals surface area contributed by atoms with Crippen molar-refractivity contribution in [2.75, 3.05) is 11.3 Å². The summed E-state index contributed by atoms with van der Waals surface area (Å²) >= 11 is 0. The fourth-order valence-electron chi connectivity index (χ4n) is 2.96. The molecule has 1 aliphatic rings. The number of hydrogen-bond donors (Lipinski definition) is 1. The maximum absolute atomic E-state index is 12.7. The molecule has 1 aromatic carbocycles. The molecule has 7 nitrogen and oxygen atoms in total. The van der Waals surface area contributed by atoms with Gasteiger partial charge in [0.25, 0.3) is 10.0 Å². The van der Waals surface area contributed by atoms with Gasteiger partial charge in [-0.3, -0.25) is 14.2 Å². The lowest BCUT2D eigenvalue weighted by Gasteiger charge is -2.29. The summed E-state index contributed by atoms with van der Waals surface area (Å²) in [5.41, 5.74) is 1.72.